The number of nitrogens with two attached hydrogens (primary N) is 3. The minimum absolute atomic E-state index is 0.0521. The van der Waals surface area contributed by atoms with E-state index in [0.29, 0.717) is 25.8 Å². The van der Waals surface area contributed by atoms with Gasteiger partial charge in [0, 0.05) is 23.5 Å². The number of fused-ring (bicyclic) bond motifs is 1. The highest BCUT2D eigenvalue weighted by Crippen LogP contribution is 2.19. The minimum Gasteiger partial charge on any atom is -0.480 e. The number of aliphatic carboxylic acids is 1. The van der Waals surface area contributed by atoms with Crippen LogP contribution >= 0.6 is 0 Å². The van der Waals surface area contributed by atoms with E-state index in [1.54, 1.807) is 6.20 Å². The number of primary amides is 1. The molecule has 220 valence electrons. The van der Waals surface area contributed by atoms with Crippen molar-refractivity contribution in [3.8, 4) is 0 Å². The van der Waals surface area contributed by atoms with E-state index in [9.17, 15) is 29.1 Å². The van der Waals surface area contributed by atoms with Crippen molar-refractivity contribution in [2.45, 2.75) is 76.5 Å². The largest absolute Gasteiger partial charge is 0.480 e. The second-order valence-electron chi connectivity index (χ2n) is 9.95. The van der Waals surface area contributed by atoms with Gasteiger partial charge in [-0.25, -0.2) is 4.79 Å². The monoisotopic (exact) mass is 559 g/mol. The lowest BCUT2D eigenvalue weighted by Crippen LogP contribution is -2.58. The third-order valence-electron chi connectivity index (χ3n) is 6.89. The zero-order valence-electron chi connectivity index (χ0n) is 22.9. The number of aromatic nitrogens is 1. The Hall–Kier alpha value is -3.97. The second-order valence-corrected chi connectivity index (χ2v) is 9.95. The third kappa shape index (κ3) is 9.35. The minimum atomic E-state index is -1.47. The number of rotatable bonds is 17. The van der Waals surface area contributed by atoms with Crippen LogP contribution < -0.4 is 33.2 Å². The molecule has 0 aliphatic heterocycles. The van der Waals surface area contributed by atoms with Gasteiger partial charge in [0.05, 0.1) is 12.5 Å². The maximum atomic E-state index is 13.5. The van der Waals surface area contributed by atoms with Crippen molar-refractivity contribution in [1.29, 1.82) is 0 Å². The van der Waals surface area contributed by atoms with Crippen molar-refractivity contribution in [2.75, 3.05) is 6.54 Å². The summed E-state index contributed by atoms with van der Waals surface area (Å²) in [4.78, 5) is 66.0. The normalized spacial score (nSPS) is 14.9. The highest BCUT2D eigenvalue weighted by molar-refractivity contribution is 5.96. The first-order valence-electron chi connectivity index (χ1n) is 13.4. The molecular weight excluding hydrogens is 518 g/mol. The lowest BCUT2D eigenvalue weighted by Gasteiger charge is -2.26. The number of carbonyl (C=O) groups excluding carboxylic acids is 4. The molecule has 1 aromatic heterocycles. The van der Waals surface area contributed by atoms with Crippen LogP contribution in [0.2, 0.25) is 0 Å². The zero-order valence-corrected chi connectivity index (χ0v) is 22.9. The second kappa shape index (κ2) is 15.6. The van der Waals surface area contributed by atoms with Crippen LogP contribution in [-0.2, 0) is 30.4 Å². The van der Waals surface area contributed by atoms with Crippen LogP contribution in [0.3, 0.4) is 0 Å². The number of carbonyl (C=O) groups is 5. The van der Waals surface area contributed by atoms with Crippen molar-refractivity contribution < 1.29 is 29.1 Å². The molecule has 40 heavy (non-hydrogen) atoms. The molecule has 1 aromatic carbocycles. The number of aromatic amines is 1. The molecule has 11 N–H and O–H groups in total. The molecule has 2 aromatic rings. The number of para-hydroxylation sites is 1. The van der Waals surface area contributed by atoms with Crippen molar-refractivity contribution in [1.82, 2.24) is 20.9 Å². The summed E-state index contributed by atoms with van der Waals surface area (Å²) in [6.45, 7) is 4.07. The fraction of sp³-hybridized carbons (Fsp3) is 0.519. The maximum Gasteiger partial charge on any atom is 0.326 e. The quantitative estimate of drug-likeness (QED) is 0.119. The number of benzene rings is 1. The van der Waals surface area contributed by atoms with Gasteiger partial charge in [-0.2, -0.15) is 0 Å². The molecule has 1 heterocycles. The van der Waals surface area contributed by atoms with Gasteiger partial charge in [0.2, 0.25) is 23.6 Å². The van der Waals surface area contributed by atoms with Gasteiger partial charge in [-0.15, -0.1) is 0 Å². The number of carboxylic acids is 1. The highest BCUT2D eigenvalue weighted by Gasteiger charge is 2.32. The van der Waals surface area contributed by atoms with Crippen LogP contribution in [0.4, 0.5) is 0 Å². The topological polar surface area (TPSA) is 236 Å². The number of nitrogens with one attached hydrogen (secondary N) is 4. The summed E-state index contributed by atoms with van der Waals surface area (Å²) in [5.41, 5.74) is 18.4. The first-order valence-corrected chi connectivity index (χ1v) is 13.4. The summed E-state index contributed by atoms with van der Waals surface area (Å²) in [7, 11) is 0. The molecule has 4 amide bonds. The van der Waals surface area contributed by atoms with Crippen LogP contribution in [-0.4, -0.2) is 70.4 Å². The number of hydrogen-bond acceptors (Lipinski definition) is 7. The first-order chi connectivity index (χ1) is 19.0. The van der Waals surface area contributed by atoms with Gasteiger partial charge in [0.25, 0.3) is 0 Å². The summed E-state index contributed by atoms with van der Waals surface area (Å²) >= 11 is 0. The van der Waals surface area contributed by atoms with E-state index in [-0.39, 0.29) is 18.8 Å². The molecule has 13 nitrogen and oxygen atoms in total. The summed E-state index contributed by atoms with van der Waals surface area (Å²) in [5, 5.41) is 17.9. The van der Waals surface area contributed by atoms with Gasteiger partial charge >= 0.3 is 5.97 Å². The standard InChI is InChI=1S/C27H41N7O6/c1-3-15(2)23(30)26(38)34-20(12-16-14-31-18-9-5-4-8-17(16)18)24(36)33-21(13-22(29)35)25(37)32-19(27(39)40)10-6-7-11-28/h4-5,8-9,14-15,19-21,23,31H,3,6-7,10-13,28,30H2,1-2H3,(H2,29,35)(H,32,37)(H,33,36)(H,34,38)(H,39,40). The Morgan fingerprint density at radius 2 is 1.57 bits per heavy atom. The molecule has 0 saturated carbocycles. The van der Waals surface area contributed by atoms with Crippen molar-refractivity contribution in [2.24, 2.45) is 23.1 Å². The summed E-state index contributed by atoms with van der Waals surface area (Å²) in [6, 6.07) is 2.67. The lowest BCUT2D eigenvalue weighted by atomic mass is 9.98. The van der Waals surface area contributed by atoms with Crippen LogP contribution in [0.15, 0.2) is 30.5 Å². The summed E-state index contributed by atoms with van der Waals surface area (Å²) in [5.74, 6) is -4.50. The Kier molecular flexibility index (Phi) is 12.6. The van der Waals surface area contributed by atoms with Crippen LogP contribution in [0.1, 0.15) is 51.5 Å². The Labute approximate surface area is 233 Å². The molecule has 0 radical (unpaired) electrons. The Morgan fingerprint density at radius 1 is 0.950 bits per heavy atom. The molecule has 0 fully saturated rings. The van der Waals surface area contributed by atoms with Gasteiger partial charge in [0.1, 0.15) is 18.1 Å². The van der Waals surface area contributed by atoms with Gasteiger partial charge < -0.3 is 43.2 Å². The Balaban J connectivity index is 2.29. The fourth-order valence-electron chi connectivity index (χ4n) is 4.22. The van der Waals surface area contributed by atoms with Crippen molar-refractivity contribution in [3.05, 3.63) is 36.0 Å². The van der Waals surface area contributed by atoms with Gasteiger partial charge in [0.15, 0.2) is 0 Å². The molecule has 5 atom stereocenters. The Morgan fingerprint density at radius 3 is 2.20 bits per heavy atom. The molecule has 0 spiro atoms. The van der Waals surface area contributed by atoms with E-state index in [1.807, 2.05) is 38.1 Å². The van der Waals surface area contributed by atoms with E-state index in [4.69, 9.17) is 17.2 Å². The van der Waals surface area contributed by atoms with Gasteiger partial charge in [-0.05, 0) is 43.4 Å². The van der Waals surface area contributed by atoms with Crippen molar-refractivity contribution in [3.63, 3.8) is 0 Å². The van der Waals surface area contributed by atoms with E-state index >= 15 is 0 Å². The fourth-order valence-corrected chi connectivity index (χ4v) is 4.22. The number of hydrogen-bond donors (Lipinski definition) is 8. The van der Waals surface area contributed by atoms with Crippen LogP contribution in [0.25, 0.3) is 10.9 Å². The molecule has 5 unspecified atom stereocenters. The summed E-state index contributed by atoms with van der Waals surface area (Å²) in [6.07, 6.45) is 2.97. The predicted octanol–water partition coefficient (Wildman–Crippen LogP) is -0.373. The first kappa shape index (κ1) is 32.2. The third-order valence-corrected chi connectivity index (χ3v) is 6.89. The average Bonchev–Trinajstić information content (AvgIpc) is 3.33. The molecule has 13 heteroatoms. The van der Waals surface area contributed by atoms with E-state index in [0.717, 1.165) is 16.5 Å². The van der Waals surface area contributed by atoms with E-state index < -0.39 is 60.2 Å². The Bertz CT molecular complexity index is 1180. The van der Waals surface area contributed by atoms with E-state index in [1.165, 1.54) is 0 Å². The van der Waals surface area contributed by atoms with Crippen LogP contribution in [0, 0.1) is 5.92 Å². The molecule has 0 bridgehead atoms. The number of carboxylic acid groups (broad SMARTS) is 1. The molecule has 0 aliphatic rings. The smallest absolute Gasteiger partial charge is 0.326 e. The SMILES string of the molecule is CCC(C)C(N)C(=O)NC(Cc1c[nH]c2ccccc12)C(=O)NC(CC(N)=O)C(=O)NC(CCCCN)C(=O)O. The predicted molar refractivity (Wildman–Crippen MR) is 150 cm³/mol. The molecular formula is C27H41N7O6. The number of H-pyrrole nitrogens is 1. The molecule has 0 aliphatic carbocycles. The molecule has 2 rings (SSSR count). The summed E-state index contributed by atoms with van der Waals surface area (Å²) < 4.78 is 0. The molecule has 0 saturated heterocycles. The average molecular weight is 560 g/mol. The zero-order chi connectivity index (χ0) is 29.8. The number of unbranched alkanes of at least 4 members (excludes halogenated alkanes) is 1. The van der Waals surface area contributed by atoms with Crippen LogP contribution in [0.5, 0.6) is 0 Å². The maximum absolute atomic E-state index is 13.5. The number of amides is 4. The van der Waals surface area contributed by atoms with Crippen molar-refractivity contribution >= 4 is 40.5 Å². The van der Waals surface area contributed by atoms with E-state index in [2.05, 4.69) is 20.9 Å². The lowest BCUT2D eigenvalue weighted by molar-refractivity contribution is -0.142. The highest BCUT2D eigenvalue weighted by atomic mass is 16.4. The van der Waals surface area contributed by atoms with Gasteiger partial charge in [-0.1, -0.05) is 38.5 Å². The van der Waals surface area contributed by atoms with Gasteiger partial charge in [-0.3, -0.25) is 19.2 Å².